The van der Waals surface area contributed by atoms with Crippen molar-refractivity contribution in [2.45, 2.75) is 64.7 Å². The lowest BCUT2D eigenvalue weighted by Gasteiger charge is -2.34. The molecule has 0 bridgehead atoms. The maximum absolute atomic E-state index is 12.5. The first-order valence-corrected chi connectivity index (χ1v) is 9.34. The smallest absolute Gasteiger partial charge is 0.225 e. The molecule has 5 heteroatoms. The van der Waals surface area contributed by atoms with Crippen LogP contribution in [0.1, 0.15) is 70.4 Å². The van der Waals surface area contributed by atoms with Crippen molar-refractivity contribution in [3.8, 4) is 0 Å². The van der Waals surface area contributed by atoms with Crippen LogP contribution in [0, 0.1) is 11.3 Å². The van der Waals surface area contributed by atoms with E-state index in [-0.39, 0.29) is 5.91 Å². The maximum atomic E-state index is 12.5. The molecule has 24 heavy (non-hydrogen) atoms. The zero-order valence-electron chi connectivity index (χ0n) is 15.3. The number of amides is 1. The van der Waals surface area contributed by atoms with E-state index in [1.807, 2.05) is 13.1 Å². The van der Waals surface area contributed by atoms with Crippen LogP contribution in [-0.4, -0.2) is 28.9 Å². The van der Waals surface area contributed by atoms with E-state index in [9.17, 15) is 4.79 Å². The standard InChI is InChI=1S/C19H31N3O2/c1-19(2)8-4-6-14(12-19)10-18(23)20-17-11-16(21-22(17)3)15-7-5-9-24-13-15/h11,14-15H,4-10,12-13H2,1-3H3,(H,20,23). The quantitative estimate of drug-likeness (QED) is 0.910. The third-order valence-electron chi connectivity index (χ3n) is 5.53. The van der Waals surface area contributed by atoms with E-state index >= 15 is 0 Å². The summed E-state index contributed by atoms with van der Waals surface area (Å²) < 4.78 is 7.33. The molecule has 1 aliphatic carbocycles. The van der Waals surface area contributed by atoms with Gasteiger partial charge in [0.1, 0.15) is 5.82 Å². The first kappa shape index (κ1) is 17.5. The third-order valence-corrected chi connectivity index (χ3v) is 5.53. The molecule has 2 atom stereocenters. The third kappa shape index (κ3) is 4.38. The molecule has 1 saturated heterocycles. The first-order chi connectivity index (χ1) is 11.4. The molecule has 2 heterocycles. The van der Waals surface area contributed by atoms with Crippen LogP contribution in [0.4, 0.5) is 5.82 Å². The van der Waals surface area contributed by atoms with Gasteiger partial charge < -0.3 is 10.1 Å². The second-order valence-corrected chi connectivity index (χ2v) is 8.37. The zero-order valence-corrected chi connectivity index (χ0v) is 15.3. The number of hydrogen-bond donors (Lipinski definition) is 1. The van der Waals surface area contributed by atoms with Crippen LogP contribution in [-0.2, 0) is 16.6 Å². The Morgan fingerprint density at radius 2 is 2.25 bits per heavy atom. The highest BCUT2D eigenvalue weighted by molar-refractivity contribution is 5.90. The van der Waals surface area contributed by atoms with Crippen molar-refractivity contribution < 1.29 is 9.53 Å². The SMILES string of the molecule is Cn1nc(C2CCCOC2)cc1NC(=O)CC1CCCC(C)(C)C1. The van der Waals surface area contributed by atoms with Crippen molar-refractivity contribution in [1.82, 2.24) is 9.78 Å². The molecule has 5 nitrogen and oxygen atoms in total. The van der Waals surface area contributed by atoms with Gasteiger partial charge in [-0.05, 0) is 43.4 Å². The number of rotatable bonds is 4. The van der Waals surface area contributed by atoms with Crippen LogP contribution in [0.15, 0.2) is 6.07 Å². The van der Waals surface area contributed by atoms with Gasteiger partial charge in [-0.15, -0.1) is 0 Å². The average molecular weight is 333 g/mol. The van der Waals surface area contributed by atoms with E-state index < -0.39 is 0 Å². The van der Waals surface area contributed by atoms with Crippen molar-refractivity contribution in [2.24, 2.45) is 18.4 Å². The number of ether oxygens (including phenoxy) is 1. The van der Waals surface area contributed by atoms with Crippen LogP contribution in [0.5, 0.6) is 0 Å². The van der Waals surface area contributed by atoms with E-state index in [1.54, 1.807) is 4.68 Å². The summed E-state index contributed by atoms with van der Waals surface area (Å²) in [7, 11) is 1.90. The molecule has 0 radical (unpaired) electrons. The summed E-state index contributed by atoms with van der Waals surface area (Å²) in [6.45, 7) is 6.22. The predicted octanol–water partition coefficient (Wildman–Crippen LogP) is 3.86. The van der Waals surface area contributed by atoms with Crippen LogP contribution in [0.25, 0.3) is 0 Å². The van der Waals surface area contributed by atoms with Crippen LogP contribution < -0.4 is 5.32 Å². The molecule has 2 unspecified atom stereocenters. The van der Waals surface area contributed by atoms with E-state index in [0.717, 1.165) is 44.0 Å². The summed E-state index contributed by atoms with van der Waals surface area (Å²) in [5.74, 6) is 1.78. The Bertz CT molecular complexity index is 573. The van der Waals surface area contributed by atoms with Crippen LogP contribution in [0.2, 0.25) is 0 Å². The summed E-state index contributed by atoms with van der Waals surface area (Å²) in [4.78, 5) is 12.5. The van der Waals surface area contributed by atoms with E-state index in [2.05, 4.69) is 24.3 Å². The highest BCUT2D eigenvalue weighted by Gasteiger charge is 2.29. The zero-order chi connectivity index (χ0) is 17.2. The van der Waals surface area contributed by atoms with Gasteiger partial charge in [-0.25, -0.2) is 0 Å². The van der Waals surface area contributed by atoms with Gasteiger partial charge in [0.15, 0.2) is 0 Å². The summed E-state index contributed by atoms with van der Waals surface area (Å²) >= 11 is 0. The van der Waals surface area contributed by atoms with E-state index in [0.29, 0.717) is 23.7 Å². The number of nitrogens with one attached hydrogen (secondary N) is 1. The highest BCUT2D eigenvalue weighted by Crippen LogP contribution is 2.39. The second-order valence-electron chi connectivity index (χ2n) is 8.37. The number of hydrogen-bond acceptors (Lipinski definition) is 3. The fraction of sp³-hybridized carbons (Fsp3) is 0.789. The molecule has 1 saturated carbocycles. The lowest BCUT2D eigenvalue weighted by atomic mass is 9.71. The number of carbonyl (C=O) groups is 1. The molecule has 1 amide bonds. The highest BCUT2D eigenvalue weighted by atomic mass is 16.5. The van der Waals surface area contributed by atoms with Crippen molar-refractivity contribution in [3.63, 3.8) is 0 Å². The Kier molecular flexibility index (Phi) is 5.28. The van der Waals surface area contributed by atoms with Gasteiger partial charge in [0.25, 0.3) is 0 Å². The van der Waals surface area contributed by atoms with E-state index in [4.69, 9.17) is 4.74 Å². The summed E-state index contributed by atoms with van der Waals surface area (Å²) in [6, 6.07) is 2.02. The molecular formula is C19H31N3O2. The van der Waals surface area contributed by atoms with Crippen LogP contribution >= 0.6 is 0 Å². The number of aromatic nitrogens is 2. The second kappa shape index (κ2) is 7.26. The molecule has 0 aromatic carbocycles. The maximum Gasteiger partial charge on any atom is 0.225 e. The Hall–Kier alpha value is -1.36. The van der Waals surface area contributed by atoms with Gasteiger partial charge in [-0.2, -0.15) is 5.10 Å². The minimum Gasteiger partial charge on any atom is -0.381 e. The van der Waals surface area contributed by atoms with Gasteiger partial charge in [0.2, 0.25) is 5.91 Å². The fourth-order valence-electron chi connectivity index (χ4n) is 4.27. The molecule has 1 N–H and O–H groups in total. The first-order valence-electron chi connectivity index (χ1n) is 9.34. The lowest BCUT2D eigenvalue weighted by Crippen LogP contribution is -2.26. The van der Waals surface area contributed by atoms with Gasteiger partial charge in [0.05, 0.1) is 12.3 Å². The molecule has 134 valence electrons. The van der Waals surface area contributed by atoms with Crippen molar-refractivity contribution in [3.05, 3.63) is 11.8 Å². The molecule has 2 fully saturated rings. The predicted molar refractivity (Wildman–Crippen MR) is 95.0 cm³/mol. The number of anilines is 1. The minimum atomic E-state index is 0.118. The molecule has 3 rings (SSSR count). The monoisotopic (exact) mass is 333 g/mol. The summed E-state index contributed by atoms with van der Waals surface area (Å²) in [5, 5.41) is 7.64. The number of nitrogens with zero attached hydrogens (tertiary/aromatic N) is 2. The Labute approximate surface area is 145 Å². The summed E-state index contributed by atoms with van der Waals surface area (Å²) in [6.07, 6.45) is 7.66. The number of aryl methyl sites for hydroxylation is 1. The topological polar surface area (TPSA) is 56.1 Å². The Morgan fingerprint density at radius 1 is 1.42 bits per heavy atom. The largest absolute Gasteiger partial charge is 0.381 e. The lowest BCUT2D eigenvalue weighted by molar-refractivity contribution is -0.117. The normalized spacial score (nSPS) is 27.0. The minimum absolute atomic E-state index is 0.118. The van der Waals surface area contributed by atoms with Crippen molar-refractivity contribution in [2.75, 3.05) is 18.5 Å². The number of carbonyl (C=O) groups excluding carboxylic acids is 1. The summed E-state index contributed by atoms with van der Waals surface area (Å²) in [5.41, 5.74) is 1.41. The van der Waals surface area contributed by atoms with Gasteiger partial charge in [0, 0.05) is 32.1 Å². The molecule has 1 aromatic rings. The Balaban J connectivity index is 1.57. The average Bonchev–Trinajstić information content (AvgIpc) is 2.88. The molecule has 2 aliphatic rings. The van der Waals surface area contributed by atoms with E-state index in [1.165, 1.54) is 19.3 Å². The van der Waals surface area contributed by atoms with Gasteiger partial charge >= 0.3 is 0 Å². The van der Waals surface area contributed by atoms with Gasteiger partial charge in [-0.3, -0.25) is 9.48 Å². The van der Waals surface area contributed by atoms with Crippen LogP contribution in [0.3, 0.4) is 0 Å². The molecule has 1 aromatic heterocycles. The van der Waals surface area contributed by atoms with Crippen molar-refractivity contribution >= 4 is 11.7 Å². The molecule has 0 spiro atoms. The van der Waals surface area contributed by atoms with Crippen molar-refractivity contribution in [1.29, 1.82) is 0 Å². The Morgan fingerprint density at radius 3 is 2.96 bits per heavy atom. The van der Waals surface area contributed by atoms with Gasteiger partial charge in [-0.1, -0.05) is 20.3 Å². The molecular weight excluding hydrogens is 302 g/mol. The molecule has 1 aliphatic heterocycles. The fourth-order valence-corrected chi connectivity index (χ4v) is 4.27.